The normalized spacial score (nSPS) is 14.0. The topological polar surface area (TPSA) is 53.4 Å². The largest absolute Gasteiger partial charge is 0.508 e. The van der Waals surface area contributed by atoms with Gasteiger partial charge in [0.15, 0.2) is 0 Å². The Labute approximate surface area is 128 Å². The molecule has 1 amide bonds. The predicted molar refractivity (Wildman–Crippen MR) is 80.2 cm³/mol. The van der Waals surface area contributed by atoms with Gasteiger partial charge in [0, 0.05) is 18.8 Å². The van der Waals surface area contributed by atoms with Crippen LogP contribution in [0.4, 0.5) is 0 Å². The van der Waals surface area contributed by atoms with Gasteiger partial charge in [-0.05, 0) is 42.7 Å². The van der Waals surface area contributed by atoms with Crippen LogP contribution in [0.15, 0.2) is 42.6 Å². The summed E-state index contributed by atoms with van der Waals surface area (Å²) in [6.45, 7) is 0.461. The lowest BCUT2D eigenvalue weighted by Gasteiger charge is -2.23. The van der Waals surface area contributed by atoms with Gasteiger partial charge in [0.25, 0.3) is 5.91 Å². The van der Waals surface area contributed by atoms with Crippen LogP contribution in [0.1, 0.15) is 28.8 Å². The van der Waals surface area contributed by atoms with Crippen LogP contribution in [0.25, 0.3) is 0 Å². The Morgan fingerprint density at radius 2 is 2.14 bits per heavy atom. The molecular weight excluding hydrogens is 288 g/mol. The van der Waals surface area contributed by atoms with Crippen LogP contribution in [-0.4, -0.2) is 26.9 Å². The Morgan fingerprint density at radius 3 is 2.81 bits per heavy atom. The van der Waals surface area contributed by atoms with Gasteiger partial charge in [-0.1, -0.05) is 23.7 Å². The third kappa shape index (κ3) is 3.16. The number of benzene rings is 1. The molecule has 1 aliphatic carbocycles. The molecule has 1 aromatic heterocycles. The molecule has 108 valence electrons. The molecule has 3 rings (SSSR count). The van der Waals surface area contributed by atoms with Crippen LogP contribution < -0.4 is 0 Å². The lowest BCUT2D eigenvalue weighted by molar-refractivity contribution is 0.0729. The summed E-state index contributed by atoms with van der Waals surface area (Å²) >= 11 is 6.02. The van der Waals surface area contributed by atoms with Crippen molar-refractivity contribution in [2.75, 3.05) is 0 Å². The van der Waals surface area contributed by atoms with Crippen molar-refractivity contribution >= 4 is 17.5 Å². The molecular formula is C16H15ClN2O2. The molecule has 4 nitrogen and oxygen atoms in total. The van der Waals surface area contributed by atoms with Gasteiger partial charge in [-0.3, -0.25) is 4.79 Å². The molecule has 1 aromatic carbocycles. The van der Waals surface area contributed by atoms with Gasteiger partial charge in [-0.15, -0.1) is 0 Å². The van der Waals surface area contributed by atoms with Crippen molar-refractivity contribution in [3.63, 3.8) is 0 Å². The fraction of sp³-hybridized carbons (Fsp3) is 0.250. The molecule has 2 aromatic rings. The zero-order chi connectivity index (χ0) is 14.8. The number of phenolic OH excluding ortho intramolecular Hbond substituents is 1. The summed E-state index contributed by atoms with van der Waals surface area (Å²) in [5.41, 5.74) is 1.32. The molecule has 0 aliphatic heterocycles. The number of hydrogen-bond donors (Lipinski definition) is 1. The number of carbonyl (C=O) groups is 1. The van der Waals surface area contributed by atoms with Crippen LogP contribution in [0.3, 0.4) is 0 Å². The number of carbonyl (C=O) groups excluding carboxylic acids is 1. The Bertz CT molecular complexity index is 671. The van der Waals surface area contributed by atoms with Crippen LogP contribution >= 0.6 is 11.6 Å². The number of halogens is 1. The number of pyridine rings is 1. The van der Waals surface area contributed by atoms with Crippen LogP contribution in [0.5, 0.6) is 5.75 Å². The zero-order valence-electron chi connectivity index (χ0n) is 11.4. The Balaban J connectivity index is 1.85. The first kappa shape index (κ1) is 13.9. The summed E-state index contributed by atoms with van der Waals surface area (Å²) in [5, 5.41) is 9.77. The highest BCUT2D eigenvalue weighted by molar-refractivity contribution is 6.32. The van der Waals surface area contributed by atoms with Crippen molar-refractivity contribution in [1.82, 2.24) is 9.88 Å². The number of aromatic nitrogens is 1. The van der Waals surface area contributed by atoms with Crippen molar-refractivity contribution in [2.45, 2.75) is 25.4 Å². The number of hydrogen-bond acceptors (Lipinski definition) is 3. The molecule has 0 radical (unpaired) electrons. The number of nitrogens with zero attached hydrogens (tertiary/aromatic N) is 2. The number of amides is 1. The highest BCUT2D eigenvalue weighted by Crippen LogP contribution is 2.31. The molecule has 0 atom stereocenters. The average Bonchev–Trinajstić information content (AvgIpc) is 3.29. The Hall–Kier alpha value is -2.07. The van der Waals surface area contributed by atoms with E-state index in [1.165, 1.54) is 0 Å². The quantitative estimate of drug-likeness (QED) is 0.882. The van der Waals surface area contributed by atoms with Gasteiger partial charge in [0.05, 0.1) is 5.56 Å². The standard InChI is InChI=1S/C16H15ClN2O2/c17-15-14(5-2-8-18-15)16(21)19(12-6-7-12)10-11-3-1-4-13(20)9-11/h1-5,8-9,12,20H,6-7,10H2. The van der Waals surface area contributed by atoms with E-state index in [9.17, 15) is 9.90 Å². The van der Waals surface area contributed by atoms with E-state index in [1.54, 1.807) is 41.4 Å². The average molecular weight is 303 g/mol. The second-order valence-electron chi connectivity index (χ2n) is 5.18. The van der Waals surface area contributed by atoms with Gasteiger partial charge in [0.2, 0.25) is 0 Å². The number of aromatic hydroxyl groups is 1. The van der Waals surface area contributed by atoms with Crippen molar-refractivity contribution in [2.24, 2.45) is 0 Å². The molecule has 1 saturated carbocycles. The lowest BCUT2D eigenvalue weighted by Crippen LogP contribution is -2.32. The monoisotopic (exact) mass is 302 g/mol. The fourth-order valence-corrected chi connectivity index (χ4v) is 2.50. The molecule has 0 bridgehead atoms. The van der Waals surface area contributed by atoms with Crippen molar-refractivity contribution < 1.29 is 9.90 Å². The zero-order valence-corrected chi connectivity index (χ0v) is 12.1. The lowest BCUT2D eigenvalue weighted by atomic mass is 10.1. The van der Waals surface area contributed by atoms with Crippen molar-refractivity contribution in [1.29, 1.82) is 0 Å². The first-order valence-electron chi connectivity index (χ1n) is 6.84. The summed E-state index contributed by atoms with van der Waals surface area (Å²) < 4.78 is 0. The molecule has 0 spiro atoms. The van der Waals surface area contributed by atoms with E-state index in [4.69, 9.17) is 11.6 Å². The summed E-state index contributed by atoms with van der Waals surface area (Å²) in [6.07, 6.45) is 3.57. The van der Waals surface area contributed by atoms with E-state index in [2.05, 4.69) is 4.98 Å². The minimum absolute atomic E-state index is 0.112. The maximum absolute atomic E-state index is 12.7. The van der Waals surface area contributed by atoms with E-state index >= 15 is 0 Å². The summed E-state index contributed by atoms with van der Waals surface area (Å²) in [7, 11) is 0. The molecule has 21 heavy (non-hydrogen) atoms. The van der Waals surface area contributed by atoms with Gasteiger partial charge < -0.3 is 10.0 Å². The highest BCUT2D eigenvalue weighted by atomic mass is 35.5. The maximum Gasteiger partial charge on any atom is 0.257 e. The minimum Gasteiger partial charge on any atom is -0.508 e. The van der Waals surface area contributed by atoms with Crippen molar-refractivity contribution in [3.05, 3.63) is 58.9 Å². The third-order valence-electron chi connectivity index (χ3n) is 3.50. The summed E-state index contributed by atoms with van der Waals surface area (Å²) in [6, 6.07) is 10.6. The fourth-order valence-electron chi connectivity index (χ4n) is 2.30. The molecule has 1 heterocycles. The first-order chi connectivity index (χ1) is 10.1. The molecule has 1 aliphatic rings. The first-order valence-corrected chi connectivity index (χ1v) is 7.22. The Kier molecular flexibility index (Phi) is 3.80. The molecule has 0 saturated heterocycles. The van der Waals surface area contributed by atoms with E-state index in [1.807, 2.05) is 6.07 Å². The van der Waals surface area contributed by atoms with Crippen LogP contribution in [-0.2, 0) is 6.54 Å². The van der Waals surface area contributed by atoms with Gasteiger partial charge >= 0.3 is 0 Å². The predicted octanol–water partition coefficient (Wildman–Crippen LogP) is 3.25. The SMILES string of the molecule is O=C(c1cccnc1Cl)N(Cc1cccc(O)c1)C1CC1. The smallest absolute Gasteiger partial charge is 0.257 e. The molecule has 1 fully saturated rings. The highest BCUT2D eigenvalue weighted by Gasteiger charge is 2.33. The van der Waals surface area contributed by atoms with Gasteiger partial charge in [0.1, 0.15) is 10.9 Å². The molecule has 0 unspecified atom stereocenters. The van der Waals surface area contributed by atoms with E-state index in [0.717, 1.165) is 18.4 Å². The second kappa shape index (κ2) is 5.74. The maximum atomic E-state index is 12.7. The minimum atomic E-state index is -0.112. The summed E-state index contributed by atoms with van der Waals surface area (Å²) in [4.78, 5) is 18.4. The second-order valence-corrected chi connectivity index (χ2v) is 5.53. The van der Waals surface area contributed by atoms with Gasteiger partial charge in [-0.25, -0.2) is 4.98 Å². The Morgan fingerprint density at radius 1 is 1.33 bits per heavy atom. The van der Waals surface area contributed by atoms with Crippen LogP contribution in [0.2, 0.25) is 5.15 Å². The van der Waals surface area contributed by atoms with E-state index in [-0.39, 0.29) is 22.9 Å². The van der Waals surface area contributed by atoms with Gasteiger partial charge in [-0.2, -0.15) is 0 Å². The molecule has 1 N–H and O–H groups in total. The van der Waals surface area contributed by atoms with Crippen LogP contribution in [0, 0.1) is 0 Å². The molecule has 5 heteroatoms. The van der Waals surface area contributed by atoms with E-state index < -0.39 is 0 Å². The van der Waals surface area contributed by atoms with Crippen molar-refractivity contribution in [3.8, 4) is 5.75 Å². The number of rotatable bonds is 4. The third-order valence-corrected chi connectivity index (χ3v) is 3.80. The summed E-state index contributed by atoms with van der Waals surface area (Å²) in [5.74, 6) is 0.0917. The van der Waals surface area contributed by atoms with E-state index in [0.29, 0.717) is 12.1 Å². The number of phenols is 1.